The number of aryl methyl sites for hydroxylation is 1. The number of rotatable bonds is 9. The monoisotopic (exact) mass is 701 g/mol. The molecule has 3 aromatic carbocycles. The molecule has 0 heterocycles. The highest BCUT2D eigenvalue weighted by Crippen LogP contribution is 2.38. The summed E-state index contributed by atoms with van der Waals surface area (Å²) >= 11 is 9.16. The number of benzene rings is 3. The summed E-state index contributed by atoms with van der Waals surface area (Å²) in [4.78, 5) is 28.1. The van der Waals surface area contributed by atoms with E-state index in [0.29, 0.717) is 15.9 Å². The molecule has 0 aliphatic heterocycles. The second kappa shape index (κ2) is 13.3. The molecule has 7 nitrogen and oxygen atoms in total. The topological polar surface area (TPSA) is 86.8 Å². The maximum absolute atomic E-state index is 14.0. The van der Waals surface area contributed by atoms with Gasteiger partial charge >= 0.3 is 6.18 Å². The smallest absolute Gasteiger partial charge is 0.350 e. The molecule has 0 aliphatic carbocycles. The molecule has 0 saturated heterocycles. The highest BCUT2D eigenvalue weighted by Gasteiger charge is 2.37. The maximum atomic E-state index is 14.0. The van der Waals surface area contributed by atoms with Crippen molar-refractivity contribution in [2.75, 3.05) is 10.8 Å². The molecule has 0 radical (unpaired) electrons. The standard InChI is InChI=1S/C30H32BrClF3N3O4S/c1-19-6-13-24(14-7-19)43(41,42)38(23-12-15-26(32)25(16-23)30(33,34)35)18-27(39)37(17-21-8-10-22(31)11-9-21)20(2)28(40)36-29(3,4)5/h6-16,20H,17-18H2,1-5H3,(H,36,40)/t20-/m0/s1. The Kier molecular flexibility index (Phi) is 10.6. The molecule has 0 unspecified atom stereocenters. The van der Waals surface area contributed by atoms with Crippen LogP contribution in [0.1, 0.15) is 44.4 Å². The number of hydrogen-bond donors (Lipinski definition) is 1. The lowest BCUT2D eigenvalue weighted by Gasteiger charge is -2.33. The van der Waals surface area contributed by atoms with Crippen molar-refractivity contribution in [3.05, 3.63) is 92.9 Å². The lowest BCUT2D eigenvalue weighted by atomic mass is 10.1. The number of halogens is 5. The molecule has 2 amide bonds. The summed E-state index contributed by atoms with van der Waals surface area (Å²) in [6.45, 7) is 7.60. The van der Waals surface area contributed by atoms with Crippen molar-refractivity contribution in [1.29, 1.82) is 0 Å². The minimum Gasteiger partial charge on any atom is -0.350 e. The van der Waals surface area contributed by atoms with E-state index in [4.69, 9.17) is 11.6 Å². The van der Waals surface area contributed by atoms with Crippen molar-refractivity contribution in [1.82, 2.24) is 10.2 Å². The van der Waals surface area contributed by atoms with Crippen LogP contribution in [-0.4, -0.2) is 43.3 Å². The maximum Gasteiger partial charge on any atom is 0.417 e. The van der Waals surface area contributed by atoms with Crippen LogP contribution in [0.25, 0.3) is 0 Å². The molecule has 1 N–H and O–H groups in total. The predicted molar refractivity (Wildman–Crippen MR) is 164 cm³/mol. The van der Waals surface area contributed by atoms with Crippen LogP contribution >= 0.6 is 27.5 Å². The third-order valence-electron chi connectivity index (χ3n) is 6.36. The van der Waals surface area contributed by atoms with Gasteiger partial charge in [0.2, 0.25) is 11.8 Å². The lowest BCUT2D eigenvalue weighted by molar-refractivity contribution is -0.140. The summed E-state index contributed by atoms with van der Waals surface area (Å²) in [6.07, 6.45) is -4.89. The van der Waals surface area contributed by atoms with Crippen LogP contribution in [0.5, 0.6) is 0 Å². The van der Waals surface area contributed by atoms with Gasteiger partial charge in [-0.15, -0.1) is 0 Å². The molecule has 0 aliphatic rings. The number of carbonyl (C=O) groups excluding carboxylic acids is 2. The van der Waals surface area contributed by atoms with Crippen molar-refractivity contribution >= 4 is 55.1 Å². The second-order valence-corrected chi connectivity index (χ2v) is 14.2. The van der Waals surface area contributed by atoms with Gasteiger partial charge in [0.05, 0.1) is 21.2 Å². The normalized spacial score (nSPS) is 12.9. The number of carbonyl (C=O) groups is 2. The van der Waals surface area contributed by atoms with Crippen LogP contribution in [0.15, 0.2) is 76.1 Å². The Morgan fingerprint density at radius 1 is 0.977 bits per heavy atom. The van der Waals surface area contributed by atoms with Crippen LogP contribution in [0.3, 0.4) is 0 Å². The summed E-state index contributed by atoms with van der Waals surface area (Å²) in [5, 5.41) is 2.19. The number of nitrogens with one attached hydrogen (secondary N) is 1. The Balaban J connectivity index is 2.13. The average molecular weight is 703 g/mol. The molecule has 0 saturated carbocycles. The molecule has 0 aromatic heterocycles. The fourth-order valence-corrected chi connectivity index (χ4v) is 5.99. The van der Waals surface area contributed by atoms with E-state index in [1.807, 2.05) is 0 Å². The van der Waals surface area contributed by atoms with E-state index in [0.717, 1.165) is 22.2 Å². The van der Waals surface area contributed by atoms with Gasteiger partial charge in [-0.1, -0.05) is 57.4 Å². The highest BCUT2D eigenvalue weighted by molar-refractivity contribution is 9.10. The zero-order valence-electron chi connectivity index (χ0n) is 24.2. The summed E-state index contributed by atoms with van der Waals surface area (Å²) in [5.41, 5.74) is -0.901. The molecule has 13 heteroatoms. The fraction of sp³-hybridized carbons (Fsp3) is 0.333. The molecule has 0 spiro atoms. The third-order valence-corrected chi connectivity index (χ3v) is 9.01. The van der Waals surface area contributed by atoms with E-state index in [1.165, 1.54) is 36.1 Å². The summed E-state index contributed by atoms with van der Waals surface area (Å²) in [7, 11) is -4.56. The third kappa shape index (κ3) is 8.96. The van der Waals surface area contributed by atoms with Crippen molar-refractivity contribution in [2.45, 2.75) is 63.8 Å². The quantitative estimate of drug-likeness (QED) is 0.262. The first kappa shape index (κ1) is 34.4. The van der Waals surface area contributed by atoms with E-state index in [2.05, 4.69) is 21.2 Å². The first-order valence-electron chi connectivity index (χ1n) is 13.1. The predicted octanol–water partition coefficient (Wildman–Crippen LogP) is 6.96. The number of hydrogen-bond acceptors (Lipinski definition) is 4. The van der Waals surface area contributed by atoms with Crippen LogP contribution in [-0.2, 0) is 32.3 Å². The van der Waals surface area contributed by atoms with Crippen LogP contribution in [0.4, 0.5) is 18.9 Å². The Morgan fingerprint density at radius 3 is 2.09 bits per heavy atom. The summed E-state index contributed by atoms with van der Waals surface area (Å²) in [6, 6.07) is 14.2. The molecular formula is C30H32BrClF3N3O4S. The summed E-state index contributed by atoms with van der Waals surface area (Å²) in [5.74, 6) is -1.30. The van der Waals surface area contributed by atoms with Crippen molar-refractivity contribution in [3.8, 4) is 0 Å². The first-order chi connectivity index (χ1) is 19.8. The van der Waals surface area contributed by atoms with Gasteiger partial charge in [0, 0.05) is 16.6 Å². The van der Waals surface area contributed by atoms with E-state index < -0.39 is 62.4 Å². The van der Waals surface area contributed by atoms with E-state index in [9.17, 15) is 31.2 Å². The van der Waals surface area contributed by atoms with E-state index in [-0.39, 0.29) is 11.4 Å². The fourth-order valence-electron chi connectivity index (χ4n) is 4.10. The second-order valence-electron chi connectivity index (χ2n) is 11.0. The Bertz CT molecular complexity index is 1580. The van der Waals surface area contributed by atoms with Gasteiger partial charge in [-0.05, 0) is 82.6 Å². The molecule has 1 atom stereocenters. The van der Waals surface area contributed by atoms with Gasteiger partial charge < -0.3 is 10.2 Å². The van der Waals surface area contributed by atoms with Gasteiger partial charge in [-0.25, -0.2) is 8.42 Å². The molecule has 43 heavy (non-hydrogen) atoms. The molecule has 0 fully saturated rings. The number of nitrogens with zero attached hydrogens (tertiary/aromatic N) is 2. The highest BCUT2D eigenvalue weighted by atomic mass is 79.9. The first-order valence-corrected chi connectivity index (χ1v) is 15.7. The Morgan fingerprint density at radius 2 is 1.56 bits per heavy atom. The van der Waals surface area contributed by atoms with Crippen LogP contribution < -0.4 is 9.62 Å². The van der Waals surface area contributed by atoms with Gasteiger partial charge in [0.25, 0.3) is 10.0 Å². The van der Waals surface area contributed by atoms with E-state index in [1.54, 1.807) is 52.0 Å². The zero-order chi connectivity index (χ0) is 32.3. The van der Waals surface area contributed by atoms with Gasteiger partial charge in [-0.2, -0.15) is 13.2 Å². The van der Waals surface area contributed by atoms with Crippen molar-refractivity contribution in [3.63, 3.8) is 0 Å². The Hall–Kier alpha value is -3.09. The number of alkyl halides is 3. The van der Waals surface area contributed by atoms with Crippen LogP contribution in [0.2, 0.25) is 5.02 Å². The molecular weight excluding hydrogens is 671 g/mol. The van der Waals surface area contributed by atoms with Gasteiger partial charge in [0.15, 0.2) is 0 Å². The SMILES string of the molecule is Cc1ccc(S(=O)(=O)N(CC(=O)N(Cc2ccc(Br)cc2)[C@@H](C)C(=O)NC(C)(C)C)c2ccc(Cl)c(C(F)(F)F)c2)cc1. The van der Waals surface area contributed by atoms with Crippen LogP contribution in [0, 0.1) is 6.92 Å². The summed E-state index contributed by atoms with van der Waals surface area (Å²) < 4.78 is 70.5. The average Bonchev–Trinajstić information content (AvgIpc) is 2.90. The zero-order valence-corrected chi connectivity index (χ0v) is 27.3. The molecule has 3 rings (SSSR count). The molecule has 232 valence electrons. The Labute approximate surface area is 263 Å². The van der Waals surface area contributed by atoms with Crippen molar-refractivity contribution < 1.29 is 31.2 Å². The van der Waals surface area contributed by atoms with Gasteiger partial charge in [0.1, 0.15) is 12.6 Å². The number of amides is 2. The molecule has 0 bridgehead atoms. The van der Waals surface area contributed by atoms with Gasteiger partial charge in [-0.3, -0.25) is 13.9 Å². The van der Waals surface area contributed by atoms with Crippen molar-refractivity contribution in [2.24, 2.45) is 0 Å². The number of anilines is 1. The largest absolute Gasteiger partial charge is 0.417 e. The minimum atomic E-state index is -4.89. The molecule has 3 aromatic rings. The van der Waals surface area contributed by atoms with E-state index >= 15 is 0 Å². The minimum absolute atomic E-state index is 0.0717. The lowest BCUT2D eigenvalue weighted by Crippen LogP contribution is -2.54. The number of sulfonamides is 1.